The van der Waals surface area contributed by atoms with E-state index in [2.05, 4.69) is 34.2 Å². The molecule has 0 aliphatic carbocycles. The summed E-state index contributed by atoms with van der Waals surface area (Å²) in [5.41, 5.74) is 1.44. The fourth-order valence-corrected chi connectivity index (χ4v) is 2.92. The molecule has 1 aromatic heterocycles. The van der Waals surface area contributed by atoms with Gasteiger partial charge in [0, 0.05) is 19.2 Å². The number of rotatable bonds is 3. The van der Waals surface area contributed by atoms with Gasteiger partial charge < -0.3 is 14.7 Å². The molecule has 0 saturated carbocycles. The Morgan fingerprint density at radius 1 is 1.14 bits per heavy atom. The number of ether oxygens (including phenoxy) is 1. The fourth-order valence-electron chi connectivity index (χ4n) is 2.92. The summed E-state index contributed by atoms with van der Waals surface area (Å²) < 4.78 is 5.03. The lowest BCUT2D eigenvalue weighted by molar-refractivity contribution is 0.0116. The smallest absolute Gasteiger partial charge is 0.233 e. The fraction of sp³-hybridized carbons (Fsp3) is 0.412. The van der Waals surface area contributed by atoms with Gasteiger partial charge in [-0.05, 0) is 31.4 Å². The standard InChI is InChI=1S/C17H21N3O2/c1-13-4-3-5-14(12-13)17(21)8-10-20(11-9-17)15-6-7-16(22-2)19-18-15/h3-7,12,21H,8-11H2,1-2H3. The Kier molecular flexibility index (Phi) is 3.98. The summed E-state index contributed by atoms with van der Waals surface area (Å²) in [5, 5.41) is 19.1. The predicted molar refractivity (Wildman–Crippen MR) is 85.1 cm³/mol. The van der Waals surface area contributed by atoms with Gasteiger partial charge in [-0.3, -0.25) is 0 Å². The third-order valence-electron chi connectivity index (χ3n) is 4.31. The molecule has 0 amide bonds. The monoisotopic (exact) mass is 299 g/mol. The van der Waals surface area contributed by atoms with E-state index in [9.17, 15) is 5.11 Å². The minimum Gasteiger partial charge on any atom is -0.480 e. The summed E-state index contributed by atoms with van der Waals surface area (Å²) in [6.45, 7) is 3.56. The Labute approximate surface area is 130 Å². The van der Waals surface area contributed by atoms with Crippen molar-refractivity contribution < 1.29 is 9.84 Å². The molecule has 0 atom stereocenters. The van der Waals surface area contributed by atoms with Crippen LogP contribution >= 0.6 is 0 Å². The second kappa shape index (κ2) is 5.93. The van der Waals surface area contributed by atoms with Crippen LogP contribution in [0.4, 0.5) is 5.82 Å². The molecule has 0 radical (unpaired) electrons. The number of aryl methyl sites for hydroxylation is 1. The second-order valence-electron chi connectivity index (χ2n) is 5.82. The number of benzene rings is 1. The molecule has 0 unspecified atom stereocenters. The average Bonchev–Trinajstić information content (AvgIpc) is 2.56. The van der Waals surface area contributed by atoms with Crippen molar-refractivity contribution in [1.29, 1.82) is 0 Å². The summed E-state index contributed by atoms with van der Waals surface area (Å²) >= 11 is 0. The summed E-state index contributed by atoms with van der Waals surface area (Å²) in [6, 6.07) is 11.9. The van der Waals surface area contributed by atoms with Gasteiger partial charge in [-0.1, -0.05) is 29.8 Å². The molecule has 1 aliphatic rings. The van der Waals surface area contributed by atoms with E-state index in [1.807, 2.05) is 24.3 Å². The van der Waals surface area contributed by atoms with Gasteiger partial charge in [0.25, 0.3) is 0 Å². The first-order chi connectivity index (χ1) is 10.6. The molecule has 1 N–H and O–H groups in total. The highest BCUT2D eigenvalue weighted by Gasteiger charge is 2.34. The van der Waals surface area contributed by atoms with Crippen LogP contribution in [0.3, 0.4) is 0 Å². The normalized spacial score (nSPS) is 17.3. The van der Waals surface area contributed by atoms with Crippen LogP contribution in [0.5, 0.6) is 5.88 Å². The lowest BCUT2D eigenvalue weighted by Gasteiger charge is -2.39. The maximum Gasteiger partial charge on any atom is 0.233 e. The molecule has 1 aliphatic heterocycles. The summed E-state index contributed by atoms with van der Waals surface area (Å²) in [4.78, 5) is 2.15. The van der Waals surface area contributed by atoms with E-state index in [0.717, 1.165) is 24.5 Å². The number of aliphatic hydroxyl groups is 1. The first kappa shape index (κ1) is 14.8. The Morgan fingerprint density at radius 3 is 2.50 bits per heavy atom. The highest BCUT2D eigenvalue weighted by atomic mass is 16.5. The zero-order chi connectivity index (χ0) is 15.6. The highest BCUT2D eigenvalue weighted by Crippen LogP contribution is 2.34. The first-order valence-electron chi connectivity index (χ1n) is 7.53. The number of aromatic nitrogens is 2. The van der Waals surface area contributed by atoms with Gasteiger partial charge in [0.1, 0.15) is 0 Å². The van der Waals surface area contributed by atoms with E-state index in [1.54, 1.807) is 7.11 Å². The quantitative estimate of drug-likeness (QED) is 0.942. The second-order valence-corrected chi connectivity index (χ2v) is 5.82. The number of hydrogen-bond acceptors (Lipinski definition) is 5. The minimum atomic E-state index is -0.748. The van der Waals surface area contributed by atoms with Gasteiger partial charge in [0.2, 0.25) is 5.88 Å². The molecular formula is C17H21N3O2. The van der Waals surface area contributed by atoms with E-state index < -0.39 is 5.60 Å². The number of hydrogen-bond donors (Lipinski definition) is 1. The van der Waals surface area contributed by atoms with Crippen LogP contribution in [0.25, 0.3) is 0 Å². The molecule has 5 nitrogen and oxygen atoms in total. The number of methoxy groups -OCH3 is 1. The van der Waals surface area contributed by atoms with Crippen LogP contribution in [0.15, 0.2) is 36.4 Å². The lowest BCUT2D eigenvalue weighted by Crippen LogP contribution is -2.43. The van der Waals surface area contributed by atoms with Gasteiger partial charge in [-0.15, -0.1) is 10.2 Å². The van der Waals surface area contributed by atoms with Crippen LogP contribution < -0.4 is 9.64 Å². The molecule has 0 spiro atoms. The minimum absolute atomic E-state index is 0.511. The van der Waals surface area contributed by atoms with Crippen molar-refractivity contribution in [2.24, 2.45) is 0 Å². The van der Waals surface area contributed by atoms with E-state index in [4.69, 9.17) is 4.74 Å². The van der Waals surface area contributed by atoms with Crippen molar-refractivity contribution in [2.45, 2.75) is 25.4 Å². The Bertz CT molecular complexity index is 635. The van der Waals surface area contributed by atoms with Crippen LogP contribution in [0, 0.1) is 6.92 Å². The van der Waals surface area contributed by atoms with Crippen molar-refractivity contribution in [3.8, 4) is 5.88 Å². The molecular weight excluding hydrogens is 278 g/mol. The SMILES string of the molecule is COc1ccc(N2CCC(O)(c3cccc(C)c3)CC2)nn1. The molecule has 2 aromatic rings. The Hall–Kier alpha value is -2.14. The molecule has 1 saturated heterocycles. The molecule has 0 bridgehead atoms. The number of nitrogens with zero attached hydrogens (tertiary/aromatic N) is 3. The summed E-state index contributed by atoms with van der Waals surface area (Å²) in [7, 11) is 1.58. The Balaban J connectivity index is 1.71. The molecule has 116 valence electrons. The Morgan fingerprint density at radius 2 is 1.91 bits per heavy atom. The predicted octanol–water partition coefficient (Wildman–Crippen LogP) is 2.28. The maximum absolute atomic E-state index is 10.9. The summed E-state index contributed by atoms with van der Waals surface area (Å²) in [6.07, 6.45) is 1.37. The highest BCUT2D eigenvalue weighted by molar-refractivity contribution is 5.40. The summed E-state index contributed by atoms with van der Waals surface area (Å²) in [5.74, 6) is 1.34. The van der Waals surface area contributed by atoms with E-state index in [-0.39, 0.29) is 0 Å². The molecule has 5 heteroatoms. The van der Waals surface area contributed by atoms with E-state index in [1.165, 1.54) is 5.56 Å². The van der Waals surface area contributed by atoms with Gasteiger partial charge in [0.05, 0.1) is 12.7 Å². The van der Waals surface area contributed by atoms with Crippen LogP contribution in [0.1, 0.15) is 24.0 Å². The van der Waals surface area contributed by atoms with E-state index in [0.29, 0.717) is 18.7 Å². The third-order valence-corrected chi connectivity index (χ3v) is 4.31. The number of piperidine rings is 1. The molecule has 22 heavy (non-hydrogen) atoms. The average molecular weight is 299 g/mol. The maximum atomic E-state index is 10.9. The molecule has 1 fully saturated rings. The van der Waals surface area contributed by atoms with Crippen LogP contribution in [-0.2, 0) is 5.60 Å². The molecule has 2 heterocycles. The van der Waals surface area contributed by atoms with Crippen LogP contribution in [0.2, 0.25) is 0 Å². The largest absolute Gasteiger partial charge is 0.480 e. The van der Waals surface area contributed by atoms with Crippen molar-refractivity contribution in [3.63, 3.8) is 0 Å². The third kappa shape index (κ3) is 2.90. The van der Waals surface area contributed by atoms with Crippen molar-refractivity contribution >= 4 is 5.82 Å². The van der Waals surface area contributed by atoms with Gasteiger partial charge in [-0.25, -0.2) is 0 Å². The molecule has 3 rings (SSSR count). The van der Waals surface area contributed by atoms with Crippen molar-refractivity contribution in [2.75, 3.05) is 25.1 Å². The lowest BCUT2D eigenvalue weighted by atomic mass is 9.84. The molecule has 1 aromatic carbocycles. The van der Waals surface area contributed by atoms with Gasteiger partial charge >= 0.3 is 0 Å². The number of anilines is 1. The first-order valence-corrected chi connectivity index (χ1v) is 7.53. The van der Waals surface area contributed by atoms with Gasteiger partial charge in [-0.2, -0.15) is 0 Å². The van der Waals surface area contributed by atoms with Crippen molar-refractivity contribution in [1.82, 2.24) is 10.2 Å². The van der Waals surface area contributed by atoms with Crippen LogP contribution in [-0.4, -0.2) is 35.5 Å². The zero-order valence-corrected chi connectivity index (χ0v) is 13.0. The zero-order valence-electron chi connectivity index (χ0n) is 13.0. The van der Waals surface area contributed by atoms with Gasteiger partial charge in [0.15, 0.2) is 5.82 Å². The van der Waals surface area contributed by atoms with Crippen molar-refractivity contribution in [3.05, 3.63) is 47.5 Å². The topological polar surface area (TPSA) is 58.5 Å². The van der Waals surface area contributed by atoms with E-state index >= 15 is 0 Å².